The summed E-state index contributed by atoms with van der Waals surface area (Å²) in [6.45, 7) is 1.75. The van der Waals surface area contributed by atoms with E-state index in [9.17, 15) is 9.18 Å². The second-order valence-electron chi connectivity index (χ2n) is 7.37. The van der Waals surface area contributed by atoms with Gasteiger partial charge in [0.2, 0.25) is 17.6 Å². The number of carbonyl (C=O) groups excluding carboxylic acids is 1. The van der Waals surface area contributed by atoms with Gasteiger partial charge in [0.15, 0.2) is 0 Å². The summed E-state index contributed by atoms with van der Waals surface area (Å²) < 4.78 is 19.7. The van der Waals surface area contributed by atoms with E-state index in [0.717, 1.165) is 31.5 Å². The maximum absolute atomic E-state index is 14.5. The number of pyridine rings is 1. The highest BCUT2D eigenvalue weighted by atomic mass is 19.1. The van der Waals surface area contributed by atoms with Gasteiger partial charge in [0.05, 0.1) is 5.69 Å². The molecule has 8 heteroatoms. The number of halogens is 1. The quantitative estimate of drug-likeness (QED) is 0.629. The van der Waals surface area contributed by atoms with E-state index in [0.29, 0.717) is 35.9 Å². The molecule has 1 aromatic carbocycles. The lowest BCUT2D eigenvalue weighted by molar-refractivity contribution is -0.116. The number of nitrogens with zero attached hydrogens (tertiary/aromatic N) is 4. The Kier molecular flexibility index (Phi) is 6.32. The Morgan fingerprint density at radius 3 is 2.83 bits per heavy atom. The van der Waals surface area contributed by atoms with Crippen molar-refractivity contribution in [2.75, 3.05) is 23.3 Å². The van der Waals surface area contributed by atoms with Crippen molar-refractivity contribution in [1.82, 2.24) is 15.1 Å². The molecular formula is C22H24FN5O2. The molecule has 1 saturated heterocycles. The second-order valence-corrected chi connectivity index (χ2v) is 7.37. The van der Waals surface area contributed by atoms with Crippen molar-refractivity contribution in [3.63, 3.8) is 0 Å². The number of benzene rings is 1. The molecule has 3 aromatic rings. The van der Waals surface area contributed by atoms with Gasteiger partial charge in [0.1, 0.15) is 5.82 Å². The molecule has 4 rings (SSSR count). The second kappa shape index (κ2) is 9.47. The van der Waals surface area contributed by atoms with Crippen LogP contribution in [0.2, 0.25) is 0 Å². The summed E-state index contributed by atoms with van der Waals surface area (Å²) in [5, 5.41) is 6.69. The molecule has 0 radical (unpaired) electrons. The zero-order valence-electron chi connectivity index (χ0n) is 16.7. The van der Waals surface area contributed by atoms with Crippen molar-refractivity contribution in [2.24, 2.45) is 0 Å². The first-order chi connectivity index (χ1) is 14.7. The zero-order valence-corrected chi connectivity index (χ0v) is 16.7. The molecule has 2 aromatic heterocycles. The summed E-state index contributed by atoms with van der Waals surface area (Å²) in [4.78, 5) is 22.6. The summed E-state index contributed by atoms with van der Waals surface area (Å²) in [7, 11) is 0. The number of amides is 1. The highest BCUT2D eigenvalue weighted by molar-refractivity contribution is 5.90. The summed E-state index contributed by atoms with van der Waals surface area (Å²) in [5.74, 6) is 0.473. The van der Waals surface area contributed by atoms with Crippen LogP contribution in [0.3, 0.4) is 0 Å². The van der Waals surface area contributed by atoms with Crippen LogP contribution in [0.25, 0.3) is 11.4 Å². The first-order valence-corrected chi connectivity index (χ1v) is 10.3. The lowest BCUT2D eigenvalue weighted by Crippen LogP contribution is -2.30. The molecular weight excluding hydrogens is 385 g/mol. The van der Waals surface area contributed by atoms with E-state index in [-0.39, 0.29) is 18.1 Å². The number of carbonyl (C=O) groups is 1. The van der Waals surface area contributed by atoms with Crippen molar-refractivity contribution in [3.05, 3.63) is 54.4 Å². The Labute approximate surface area is 174 Å². The monoisotopic (exact) mass is 409 g/mol. The van der Waals surface area contributed by atoms with E-state index in [2.05, 4.69) is 25.3 Å². The number of hydrogen-bond acceptors (Lipinski definition) is 6. The van der Waals surface area contributed by atoms with E-state index in [1.165, 1.54) is 12.5 Å². The Morgan fingerprint density at radius 1 is 1.20 bits per heavy atom. The van der Waals surface area contributed by atoms with Gasteiger partial charge in [-0.15, -0.1) is 0 Å². The number of nitrogens with one attached hydrogen (secondary N) is 1. The summed E-state index contributed by atoms with van der Waals surface area (Å²) in [6, 6.07) is 8.54. The van der Waals surface area contributed by atoms with E-state index in [1.54, 1.807) is 30.6 Å². The average Bonchev–Trinajstić information content (AvgIpc) is 3.24. The third-order valence-electron chi connectivity index (χ3n) is 5.11. The molecule has 0 saturated carbocycles. The van der Waals surface area contributed by atoms with Crippen molar-refractivity contribution in [1.29, 1.82) is 0 Å². The van der Waals surface area contributed by atoms with Crippen molar-refractivity contribution in [3.8, 4) is 11.4 Å². The standard InChI is InChI=1S/C22H24FN5O2/c23-18-14-17(9-10-19(18)28-12-2-1-3-13-28)25-20(29)7-4-8-21-26-22(27-30-21)16-6-5-11-24-15-16/h5-6,9-11,14-15H,1-4,7-8,12-13H2,(H,25,29). The third-order valence-corrected chi connectivity index (χ3v) is 5.11. The van der Waals surface area contributed by atoms with Gasteiger partial charge in [0, 0.05) is 49.6 Å². The minimum absolute atomic E-state index is 0.174. The summed E-state index contributed by atoms with van der Waals surface area (Å²) in [5.41, 5.74) is 1.85. The van der Waals surface area contributed by atoms with Crippen molar-refractivity contribution >= 4 is 17.3 Å². The van der Waals surface area contributed by atoms with Gasteiger partial charge in [-0.2, -0.15) is 4.98 Å². The lowest BCUT2D eigenvalue weighted by Gasteiger charge is -2.29. The fourth-order valence-corrected chi connectivity index (χ4v) is 3.57. The predicted octanol–water partition coefficient (Wildman–Crippen LogP) is 4.22. The van der Waals surface area contributed by atoms with Crippen LogP contribution in [-0.4, -0.2) is 34.1 Å². The SMILES string of the molecule is O=C(CCCc1nc(-c2cccnc2)no1)Nc1ccc(N2CCCCC2)c(F)c1. The van der Waals surface area contributed by atoms with E-state index in [1.807, 2.05) is 6.07 Å². The maximum atomic E-state index is 14.5. The van der Waals surface area contributed by atoms with Crippen LogP contribution < -0.4 is 10.2 Å². The predicted molar refractivity (Wildman–Crippen MR) is 112 cm³/mol. The van der Waals surface area contributed by atoms with Crippen LogP contribution in [0.1, 0.15) is 38.0 Å². The molecule has 7 nitrogen and oxygen atoms in total. The Morgan fingerprint density at radius 2 is 2.07 bits per heavy atom. The Balaban J connectivity index is 1.26. The Hall–Kier alpha value is -3.29. The normalized spacial score (nSPS) is 14.0. The molecule has 1 N–H and O–H groups in total. The molecule has 156 valence electrons. The maximum Gasteiger partial charge on any atom is 0.226 e. The van der Waals surface area contributed by atoms with Gasteiger partial charge in [-0.05, 0) is 56.0 Å². The fraction of sp³-hybridized carbons (Fsp3) is 0.364. The van der Waals surface area contributed by atoms with Crippen LogP contribution in [0.5, 0.6) is 0 Å². The van der Waals surface area contributed by atoms with Crippen molar-refractivity contribution < 1.29 is 13.7 Å². The number of rotatable bonds is 7. The number of aromatic nitrogens is 3. The van der Waals surface area contributed by atoms with E-state index in [4.69, 9.17) is 4.52 Å². The minimum atomic E-state index is -0.302. The largest absolute Gasteiger partial charge is 0.369 e. The number of piperidine rings is 1. The minimum Gasteiger partial charge on any atom is -0.369 e. The van der Waals surface area contributed by atoms with Gasteiger partial charge in [-0.1, -0.05) is 5.16 Å². The Bertz CT molecular complexity index is 986. The first-order valence-electron chi connectivity index (χ1n) is 10.3. The van der Waals surface area contributed by atoms with E-state index < -0.39 is 0 Å². The van der Waals surface area contributed by atoms with Gasteiger partial charge in [-0.25, -0.2) is 4.39 Å². The van der Waals surface area contributed by atoms with Gasteiger partial charge in [-0.3, -0.25) is 9.78 Å². The average molecular weight is 409 g/mol. The molecule has 0 unspecified atom stereocenters. The number of aryl methyl sites for hydroxylation is 1. The number of hydrogen-bond donors (Lipinski definition) is 1. The topological polar surface area (TPSA) is 84.1 Å². The zero-order chi connectivity index (χ0) is 20.8. The molecule has 0 bridgehead atoms. The summed E-state index contributed by atoms with van der Waals surface area (Å²) in [6.07, 6.45) is 8.02. The lowest BCUT2D eigenvalue weighted by atomic mass is 10.1. The highest BCUT2D eigenvalue weighted by Crippen LogP contribution is 2.26. The molecule has 30 heavy (non-hydrogen) atoms. The molecule has 3 heterocycles. The van der Waals surface area contributed by atoms with Gasteiger partial charge in [0.25, 0.3) is 0 Å². The van der Waals surface area contributed by atoms with Crippen LogP contribution in [0.4, 0.5) is 15.8 Å². The molecule has 0 aliphatic carbocycles. The molecule has 1 fully saturated rings. The van der Waals surface area contributed by atoms with E-state index >= 15 is 0 Å². The molecule has 1 amide bonds. The van der Waals surface area contributed by atoms with Crippen LogP contribution in [-0.2, 0) is 11.2 Å². The molecule has 1 aliphatic heterocycles. The highest BCUT2D eigenvalue weighted by Gasteiger charge is 2.16. The third kappa shape index (κ3) is 5.00. The van der Waals surface area contributed by atoms with Crippen LogP contribution >= 0.6 is 0 Å². The van der Waals surface area contributed by atoms with Gasteiger partial charge >= 0.3 is 0 Å². The van der Waals surface area contributed by atoms with Crippen LogP contribution in [0, 0.1) is 5.82 Å². The molecule has 0 spiro atoms. The molecule has 1 aliphatic rings. The smallest absolute Gasteiger partial charge is 0.226 e. The van der Waals surface area contributed by atoms with Crippen molar-refractivity contribution in [2.45, 2.75) is 38.5 Å². The number of anilines is 2. The van der Waals surface area contributed by atoms with Gasteiger partial charge < -0.3 is 14.7 Å². The summed E-state index contributed by atoms with van der Waals surface area (Å²) >= 11 is 0. The molecule has 0 atom stereocenters. The first kappa shape index (κ1) is 20.0. The van der Waals surface area contributed by atoms with Crippen LogP contribution in [0.15, 0.2) is 47.2 Å². The fourth-order valence-electron chi connectivity index (χ4n) is 3.57.